The van der Waals surface area contributed by atoms with E-state index in [1.54, 1.807) is 11.8 Å². The van der Waals surface area contributed by atoms with E-state index in [9.17, 15) is 5.11 Å². The standard InChI is InChI=1S/C12H19NO2S/c1-4-15-12-7-5-6-11(13-12)8-16-10(3)9(2)14/h5-7,9-10,14H,4,8H2,1-3H3/t9-,10+/m1/s1. The summed E-state index contributed by atoms with van der Waals surface area (Å²) in [6.07, 6.45) is -0.292. The fraction of sp³-hybridized carbons (Fsp3) is 0.583. The number of rotatable bonds is 6. The Balaban J connectivity index is 2.50. The Labute approximate surface area is 101 Å². The van der Waals surface area contributed by atoms with E-state index in [1.165, 1.54) is 0 Å². The molecular weight excluding hydrogens is 222 g/mol. The van der Waals surface area contributed by atoms with Gasteiger partial charge in [-0.1, -0.05) is 13.0 Å². The van der Waals surface area contributed by atoms with Gasteiger partial charge in [0.25, 0.3) is 0 Å². The van der Waals surface area contributed by atoms with Gasteiger partial charge in [-0.05, 0) is 19.9 Å². The highest BCUT2D eigenvalue weighted by Crippen LogP contribution is 2.20. The molecule has 90 valence electrons. The lowest BCUT2D eigenvalue weighted by molar-refractivity contribution is 0.196. The van der Waals surface area contributed by atoms with E-state index >= 15 is 0 Å². The third kappa shape index (κ3) is 4.41. The molecule has 0 radical (unpaired) electrons. The van der Waals surface area contributed by atoms with Crippen LogP contribution in [0.5, 0.6) is 5.88 Å². The lowest BCUT2D eigenvalue weighted by Crippen LogP contribution is -2.15. The summed E-state index contributed by atoms with van der Waals surface area (Å²) in [5.74, 6) is 1.47. The summed E-state index contributed by atoms with van der Waals surface area (Å²) >= 11 is 1.70. The second-order valence-electron chi connectivity index (χ2n) is 3.66. The van der Waals surface area contributed by atoms with Crippen LogP contribution >= 0.6 is 11.8 Å². The van der Waals surface area contributed by atoms with Gasteiger partial charge in [0.05, 0.1) is 18.4 Å². The Morgan fingerprint density at radius 1 is 1.44 bits per heavy atom. The number of pyridine rings is 1. The minimum atomic E-state index is -0.292. The maximum Gasteiger partial charge on any atom is 0.213 e. The molecule has 0 bridgehead atoms. The normalized spacial score (nSPS) is 14.5. The average molecular weight is 241 g/mol. The molecule has 0 saturated heterocycles. The Morgan fingerprint density at radius 3 is 2.81 bits per heavy atom. The van der Waals surface area contributed by atoms with E-state index in [-0.39, 0.29) is 11.4 Å². The Kier molecular flexibility index (Phi) is 5.63. The zero-order valence-electron chi connectivity index (χ0n) is 10.0. The van der Waals surface area contributed by atoms with Crippen LogP contribution in [0.25, 0.3) is 0 Å². The first-order valence-corrected chi connectivity index (χ1v) is 6.56. The van der Waals surface area contributed by atoms with Gasteiger partial charge in [0.15, 0.2) is 0 Å². The lowest BCUT2D eigenvalue weighted by Gasteiger charge is -2.13. The van der Waals surface area contributed by atoms with Gasteiger partial charge in [-0.25, -0.2) is 4.98 Å². The summed E-state index contributed by atoms with van der Waals surface area (Å²) < 4.78 is 5.33. The molecule has 1 N–H and O–H groups in total. The predicted octanol–water partition coefficient (Wildman–Crippen LogP) is 2.48. The first-order chi connectivity index (χ1) is 7.63. The lowest BCUT2D eigenvalue weighted by atomic mass is 10.3. The summed E-state index contributed by atoms with van der Waals surface area (Å²) in [5, 5.41) is 9.59. The fourth-order valence-electron chi connectivity index (χ4n) is 1.12. The molecule has 0 aliphatic rings. The maximum absolute atomic E-state index is 9.37. The molecule has 0 aliphatic heterocycles. The van der Waals surface area contributed by atoms with Crippen LogP contribution in [0.1, 0.15) is 26.5 Å². The van der Waals surface area contributed by atoms with E-state index < -0.39 is 0 Å². The molecule has 2 atom stereocenters. The van der Waals surface area contributed by atoms with Gasteiger partial charge < -0.3 is 9.84 Å². The number of aromatic nitrogens is 1. The van der Waals surface area contributed by atoms with Crippen LogP contribution in [-0.2, 0) is 5.75 Å². The molecule has 3 nitrogen and oxygen atoms in total. The molecule has 0 amide bonds. The maximum atomic E-state index is 9.37. The van der Waals surface area contributed by atoms with Gasteiger partial charge in [-0.3, -0.25) is 0 Å². The second kappa shape index (κ2) is 6.76. The van der Waals surface area contributed by atoms with E-state index in [4.69, 9.17) is 4.74 Å². The van der Waals surface area contributed by atoms with Crippen LogP contribution in [-0.4, -0.2) is 28.1 Å². The molecular formula is C12H19NO2S. The van der Waals surface area contributed by atoms with Crippen molar-refractivity contribution in [2.45, 2.75) is 37.9 Å². The molecule has 0 spiro atoms. The highest BCUT2D eigenvalue weighted by molar-refractivity contribution is 7.99. The van der Waals surface area contributed by atoms with Crippen molar-refractivity contribution in [2.24, 2.45) is 0 Å². The van der Waals surface area contributed by atoms with Crippen LogP contribution < -0.4 is 4.74 Å². The van der Waals surface area contributed by atoms with Gasteiger partial charge in [-0.2, -0.15) is 0 Å². The van der Waals surface area contributed by atoms with Crippen LogP contribution in [0, 0.1) is 0 Å². The number of ether oxygens (including phenoxy) is 1. The van der Waals surface area contributed by atoms with E-state index in [0.29, 0.717) is 12.5 Å². The number of aliphatic hydroxyl groups is 1. The van der Waals surface area contributed by atoms with Crippen molar-refractivity contribution in [1.29, 1.82) is 0 Å². The van der Waals surface area contributed by atoms with Gasteiger partial charge in [0.1, 0.15) is 0 Å². The monoisotopic (exact) mass is 241 g/mol. The highest BCUT2D eigenvalue weighted by atomic mass is 32.2. The van der Waals surface area contributed by atoms with Crippen molar-refractivity contribution >= 4 is 11.8 Å². The molecule has 0 saturated carbocycles. The molecule has 16 heavy (non-hydrogen) atoms. The number of aliphatic hydroxyl groups excluding tert-OH is 1. The molecule has 0 aliphatic carbocycles. The first-order valence-electron chi connectivity index (χ1n) is 5.52. The molecule has 1 aromatic heterocycles. The minimum absolute atomic E-state index is 0.220. The van der Waals surface area contributed by atoms with Crippen LogP contribution in [0.3, 0.4) is 0 Å². The molecule has 1 aromatic rings. The predicted molar refractivity (Wildman–Crippen MR) is 67.8 cm³/mol. The topological polar surface area (TPSA) is 42.4 Å². The summed E-state index contributed by atoms with van der Waals surface area (Å²) in [4.78, 5) is 4.37. The van der Waals surface area contributed by atoms with Gasteiger partial charge in [-0.15, -0.1) is 11.8 Å². The molecule has 0 aromatic carbocycles. The summed E-state index contributed by atoms with van der Waals surface area (Å²) in [5.41, 5.74) is 0.989. The number of hydrogen-bond acceptors (Lipinski definition) is 4. The molecule has 1 heterocycles. The van der Waals surface area contributed by atoms with Crippen LogP contribution in [0.2, 0.25) is 0 Å². The van der Waals surface area contributed by atoms with Gasteiger partial charge in [0.2, 0.25) is 5.88 Å². The number of hydrogen-bond donors (Lipinski definition) is 1. The van der Waals surface area contributed by atoms with Crippen LogP contribution in [0.15, 0.2) is 18.2 Å². The summed E-state index contributed by atoms with van der Waals surface area (Å²) in [6.45, 7) is 6.40. The van der Waals surface area contributed by atoms with Crippen molar-refractivity contribution in [3.63, 3.8) is 0 Å². The van der Waals surface area contributed by atoms with Gasteiger partial charge in [0, 0.05) is 17.1 Å². The van der Waals surface area contributed by atoms with Crippen molar-refractivity contribution < 1.29 is 9.84 Å². The largest absolute Gasteiger partial charge is 0.478 e. The minimum Gasteiger partial charge on any atom is -0.478 e. The average Bonchev–Trinajstić information content (AvgIpc) is 2.26. The van der Waals surface area contributed by atoms with Crippen molar-refractivity contribution in [3.05, 3.63) is 23.9 Å². The third-order valence-electron chi connectivity index (χ3n) is 2.25. The van der Waals surface area contributed by atoms with Crippen molar-refractivity contribution in [2.75, 3.05) is 6.61 Å². The Bertz CT molecular complexity index is 318. The number of thioether (sulfide) groups is 1. The van der Waals surface area contributed by atoms with Crippen molar-refractivity contribution in [1.82, 2.24) is 4.98 Å². The Morgan fingerprint density at radius 2 is 2.19 bits per heavy atom. The molecule has 0 fully saturated rings. The third-order valence-corrected chi connectivity index (χ3v) is 3.63. The SMILES string of the molecule is CCOc1cccc(CS[C@@H](C)[C@@H](C)O)n1. The zero-order valence-corrected chi connectivity index (χ0v) is 10.8. The van der Waals surface area contributed by atoms with E-state index in [0.717, 1.165) is 11.4 Å². The highest BCUT2D eigenvalue weighted by Gasteiger charge is 2.09. The summed E-state index contributed by atoms with van der Waals surface area (Å²) in [6, 6.07) is 5.78. The quantitative estimate of drug-likeness (QED) is 0.831. The molecule has 0 unspecified atom stereocenters. The van der Waals surface area contributed by atoms with Gasteiger partial charge >= 0.3 is 0 Å². The molecule has 4 heteroatoms. The Hall–Kier alpha value is -0.740. The fourth-order valence-corrected chi connectivity index (χ4v) is 2.00. The summed E-state index contributed by atoms with van der Waals surface area (Å²) in [7, 11) is 0. The first kappa shape index (κ1) is 13.3. The second-order valence-corrected chi connectivity index (χ2v) is 5.02. The van der Waals surface area contributed by atoms with Crippen molar-refractivity contribution in [3.8, 4) is 5.88 Å². The zero-order chi connectivity index (χ0) is 12.0. The smallest absolute Gasteiger partial charge is 0.213 e. The molecule has 1 rings (SSSR count). The van der Waals surface area contributed by atoms with Crippen LogP contribution in [0.4, 0.5) is 0 Å². The van der Waals surface area contributed by atoms with E-state index in [2.05, 4.69) is 4.98 Å². The van der Waals surface area contributed by atoms with E-state index in [1.807, 2.05) is 39.0 Å². The number of nitrogens with zero attached hydrogens (tertiary/aromatic N) is 1.